The summed E-state index contributed by atoms with van der Waals surface area (Å²) in [6.45, 7) is 12.5. The van der Waals surface area contributed by atoms with Gasteiger partial charge in [0.2, 0.25) is 0 Å². The van der Waals surface area contributed by atoms with Crippen LogP contribution in [0, 0.1) is 11.8 Å². The molecule has 0 bridgehead atoms. The first-order valence-corrected chi connectivity index (χ1v) is 8.52. The number of aliphatic hydroxyl groups is 1. The Bertz CT molecular complexity index is 445. The quantitative estimate of drug-likeness (QED) is 0.484. The van der Waals surface area contributed by atoms with E-state index in [-0.39, 0.29) is 18.1 Å². The minimum atomic E-state index is -1.72. The normalized spacial score (nSPS) is 23.5. The van der Waals surface area contributed by atoms with E-state index in [0.717, 1.165) is 6.42 Å². The first-order valence-electron chi connectivity index (χ1n) is 8.52. The molecule has 0 spiro atoms. The Hall–Kier alpha value is -1.40. The van der Waals surface area contributed by atoms with Crippen molar-refractivity contribution < 1.29 is 28.9 Å². The molecule has 0 heterocycles. The lowest BCUT2D eigenvalue weighted by atomic mass is 10.1. The van der Waals surface area contributed by atoms with Crippen molar-refractivity contribution in [3.05, 3.63) is 12.7 Å². The molecular weight excluding hydrogens is 312 g/mol. The van der Waals surface area contributed by atoms with Gasteiger partial charge in [-0.15, -0.1) is 6.58 Å². The summed E-state index contributed by atoms with van der Waals surface area (Å²) in [5.74, 6) is -0.889. The van der Waals surface area contributed by atoms with Gasteiger partial charge >= 0.3 is 11.9 Å². The number of hydrogen-bond donors (Lipinski definition) is 1. The van der Waals surface area contributed by atoms with Crippen LogP contribution < -0.4 is 0 Å². The van der Waals surface area contributed by atoms with Gasteiger partial charge in [0.05, 0.1) is 18.3 Å². The van der Waals surface area contributed by atoms with E-state index in [1.54, 1.807) is 33.8 Å². The SMILES string of the molecule is C=CCC(O[C@@H](C(=O)OC(C)C)[C@@H](O)C(=O)OC(C)C)[C@@H]1C[C@H]1C. The molecule has 6 nitrogen and oxygen atoms in total. The molecule has 24 heavy (non-hydrogen) atoms. The van der Waals surface area contributed by atoms with Crippen molar-refractivity contribution in [1.82, 2.24) is 0 Å². The van der Waals surface area contributed by atoms with E-state index in [4.69, 9.17) is 14.2 Å². The fraction of sp³-hybridized carbons (Fsp3) is 0.778. The average Bonchev–Trinajstić information content (AvgIpc) is 3.17. The van der Waals surface area contributed by atoms with Crippen molar-refractivity contribution in [3.63, 3.8) is 0 Å². The van der Waals surface area contributed by atoms with Crippen molar-refractivity contribution >= 4 is 11.9 Å². The zero-order chi connectivity index (χ0) is 18.4. The second kappa shape index (κ2) is 9.18. The van der Waals surface area contributed by atoms with Gasteiger partial charge in [-0.1, -0.05) is 13.0 Å². The topological polar surface area (TPSA) is 82.1 Å². The zero-order valence-corrected chi connectivity index (χ0v) is 15.2. The zero-order valence-electron chi connectivity index (χ0n) is 15.2. The van der Waals surface area contributed by atoms with Gasteiger partial charge in [-0.05, 0) is 52.4 Å². The lowest BCUT2D eigenvalue weighted by Crippen LogP contribution is -2.46. The Morgan fingerprint density at radius 2 is 1.67 bits per heavy atom. The molecule has 6 heteroatoms. The summed E-state index contributed by atoms with van der Waals surface area (Å²) in [6, 6.07) is 0. The Morgan fingerprint density at radius 3 is 2.08 bits per heavy atom. The molecule has 0 aromatic carbocycles. The lowest BCUT2D eigenvalue weighted by Gasteiger charge is -2.27. The summed E-state index contributed by atoms with van der Waals surface area (Å²) in [5.41, 5.74) is 0. The molecule has 1 N–H and O–H groups in total. The summed E-state index contributed by atoms with van der Waals surface area (Å²) in [5, 5.41) is 10.3. The molecule has 1 unspecified atom stereocenters. The Kier molecular flexibility index (Phi) is 7.90. The van der Waals surface area contributed by atoms with Crippen LogP contribution in [0.2, 0.25) is 0 Å². The van der Waals surface area contributed by atoms with Crippen molar-refractivity contribution in [3.8, 4) is 0 Å². The van der Waals surface area contributed by atoms with Gasteiger partial charge in [-0.3, -0.25) is 0 Å². The van der Waals surface area contributed by atoms with Crippen LogP contribution in [0.3, 0.4) is 0 Å². The number of rotatable bonds is 10. The molecule has 0 aromatic heterocycles. The minimum Gasteiger partial charge on any atom is -0.461 e. The highest BCUT2D eigenvalue weighted by Crippen LogP contribution is 2.43. The van der Waals surface area contributed by atoms with E-state index < -0.39 is 30.3 Å². The summed E-state index contributed by atoms with van der Waals surface area (Å²) in [4.78, 5) is 24.3. The highest BCUT2D eigenvalue weighted by atomic mass is 16.6. The maximum atomic E-state index is 12.3. The molecular formula is C18H30O6. The van der Waals surface area contributed by atoms with Crippen LogP contribution in [0.1, 0.15) is 47.5 Å². The van der Waals surface area contributed by atoms with Crippen molar-refractivity contribution in [2.75, 3.05) is 0 Å². The second-order valence-corrected chi connectivity index (χ2v) is 6.91. The van der Waals surface area contributed by atoms with E-state index in [9.17, 15) is 14.7 Å². The van der Waals surface area contributed by atoms with Crippen LogP contribution in [0.5, 0.6) is 0 Å². The monoisotopic (exact) mass is 342 g/mol. The molecule has 138 valence electrons. The third-order valence-electron chi connectivity index (χ3n) is 3.83. The van der Waals surface area contributed by atoms with E-state index in [1.165, 1.54) is 0 Å². The molecule has 5 atom stereocenters. The molecule has 1 aliphatic carbocycles. The molecule has 1 fully saturated rings. The molecule has 0 saturated heterocycles. The van der Waals surface area contributed by atoms with Crippen LogP contribution in [-0.2, 0) is 23.8 Å². The van der Waals surface area contributed by atoms with Crippen LogP contribution in [0.4, 0.5) is 0 Å². The molecule has 1 saturated carbocycles. The van der Waals surface area contributed by atoms with Gasteiger partial charge in [0, 0.05) is 0 Å². The van der Waals surface area contributed by atoms with Gasteiger partial charge in [0.1, 0.15) is 0 Å². The van der Waals surface area contributed by atoms with E-state index in [0.29, 0.717) is 12.3 Å². The number of esters is 2. The molecule has 0 radical (unpaired) electrons. The lowest BCUT2D eigenvalue weighted by molar-refractivity contribution is -0.188. The molecule has 0 aliphatic heterocycles. The summed E-state index contributed by atoms with van der Waals surface area (Å²) in [6.07, 6.45) is -0.973. The smallest absolute Gasteiger partial charge is 0.338 e. The largest absolute Gasteiger partial charge is 0.461 e. The fourth-order valence-electron chi connectivity index (χ4n) is 2.54. The number of carbonyl (C=O) groups excluding carboxylic acids is 2. The van der Waals surface area contributed by atoms with E-state index >= 15 is 0 Å². The standard InChI is InChI=1S/C18H30O6/c1-7-8-14(13-9-12(13)6)24-16(18(21)23-11(4)5)15(19)17(20)22-10(2)3/h7,10-16,19H,1,8-9H2,2-6H3/t12-,13-,14?,15-,16-/m1/s1. The summed E-state index contributed by atoms with van der Waals surface area (Å²) < 4.78 is 15.9. The summed E-state index contributed by atoms with van der Waals surface area (Å²) in [7, 11) is 0. The number of aliphatic hydroxyl groups excluding tert-OH is 1. The predicted octanol–water partition coefficient (Wildman–Crippen LogP) is 2.24. The molecule has 1 rings (SSSR count). The number of carbonyl (C=O) groups is 2. The van der Waals surface area contributed by atoms with Crippen LogP contribution in [0.25, 0.3) is 0 Å². The van der Waals surface area contributed by atoms with Gasteiger partial charge in [-0.2, -0.15) is 0 Å². The number of hydrogen-bond acceptors (Lipinski definition) is 6. The van der Waals surface area contributed by atoms with Gasteiger partial charge in [0.15, 0.2) is 12.2 Å². The Balaban J connectivity index is 2.88. The van der Waals surface area contributed by atoms with Crippen molar-refractivity contribution in [2.45, 2.75) is 78.0 Å². The average molecular weight is 342 g/mol. The number of ether oxygens (including phenoxy) is 3. The van der Waals surface area contributed by atoms with Gasteiger partial charge < -0.3 is 19.3 Å². The molecule has 0 aromatic rings. The third-order valence-corrected chi connectivity index (χ3v) is 3.83. The van der Waals surface area contributed by atoms with Gasteiger partial charge in [0.25, 0.3) is 0 Å². The van der Waals surface area contributed by atoms with Crippen molar-refractivity contribution in [1.29, 1.82) is 0 Å². The first kappa shape index (κ1) is 20.6. The molecule has 0 amide bonds. The summed E-state index contributed by atoms with van der Waals surface area (Å²) >= 11 is 0. The van der Waals surface area contributed by atoms with Crippen LogP contribution in [0.15, 0.2) is 12.7 Å². The highest BCUT2D eigenvalue weighted by molar-refractivity contribution is 5.85. The van der Waals surface area contributed by atoms with Crippen LogP contribution in [-0.4, -0.2) is 47.6 Å². The second-order valence-electron chi connectivity index (χ2n) is 6.91. The Morgan fingerprint density at radius 1 is 1.17 bits per heavy atom. The Labute approximate surface area is 144 Å². The third kappa shape index (κ3) is 6.24. The van der Waals surface area contributed by atoms with Crippen molar-refractivity contribution in [2.24, 2.45) is 11.8 Å². The van der Waals surface area contributed by atoms with E-state index in [2.05, 4.69) is 13.5 Å². The minimum absolute atomic E-state index is 0.283. The predicted molar refractivity (Wildman–Crippen MR) is 89.2 cm³/mol. The van der Waals surface area contributed by atoms with E-state index in [1.807, 2.05) is 0 Å². The molecule has 1 aliphatic rings. The fourth-order valence-corrected chi connectivity index (χ4v) is 2.54. The maximum absolute atomic E-state index is 12.3. The van der Waals surface area contributed by atoms with Crippen LogP contribution >= 0.6 is 0 Å². The first-order chi connectivity index (χ1) is 11.2. The van der Waals surface area contributed by atoms with Gasteiger partial charge in [-0.25, -0.2) is 9.59 Å². The maximum Gasteiger partial charge on any atom is 0.338 e. The highest BCUT2D eigenvalue weighted by Gasteiger charge is 2.44.